The van der Waals surface area contributed by atoms with Gasteiger partial charge in [0, 0.05) is 17.1 Å². The van der Waals surface area contributed by atoms with Crippen LogP contribution in [0.3, 0.4) is 0 Å². The molecule has 0 bridgehead atoms. The Hall–Kier alpha value is -1.48. The van der Waals surface area contributed by atoms with Crippen LogP contribution in [0, 0.1) is 13.8 Å². The number of fused-ring (bicyclic) bond motifs is 1. The fraction of sp³-hybridized carbons (Fsp3) is 0.308. The predicted molar refractivity (Wildman–Crippen MR) is 69.3 cm³/mol. The molecule has 0 aliphatic rings. The number of ether oxygens (including phenoxy) is 2. The van der Waals surface area contributed by atoms with E-state index in [9.17, 15) is 0 Å². The summed E-state index contributed by atoms with van der Waals surface area (Å²) in [6, 6.07) is 3.70. The van der Waals surface area contributed by atoms with Crippen molar-refractivity contribution >= 4 is 22.5 Å². The molecule has 0 radical (unpaired) electrons. The molecular formula is C13H14ClNO2. The van der Waals surface area contributed by atoms with Gasteiger partial charge in [-0.25, -0.2) is 0 Å². The molecule has 0 fully saturated rings. The first kappa shape index (κ1) is 12.0. The van der Waals surface area contributed by atoms with Crippen LogP contribution in [-0.4, -0.2) is 19.2 Å². The summed E-state index contributed by atoms with van der Waals surface area (Å²) in [5.41, 5.74) is 2.73. The van der Waals surface area contributed by atoms with Crippen LogP contribution in [0.4, 0.5) is 0 Å². The zero-order valence-corrected chi connectivity index (χ0v) is 11.1. The molecule has 0 unspecified atom stereocenters. The second kappa shape index (κ2) is 4.41. The van der Waals surface area contributed by atoms with Gasteiger partial charge in [0.15, 0.2) is 11.5 Å². The van der Waals surface area contributed by atoms with Gasteiger partial charge in [-0.1, -0.05) is 11.6 Å². The van der Waals surface area contributed by atoms with E-state index in [1.54, 1.807) is 14.2 Å². The number of methoxy groups -OCH3 is 2. The van der Waals surface area contributed by atoms with Crippen molar-refractivity contribution in [1.82, 2.24) is 4.98 Å². The molecule has 0 saturated heterocycles. The van der Waals surface area contributed by atoms with Gasteiger partial charge in [-0.2, -0.15) is 0 Å². The Morgan fingerprint density at radius 3 is 2.24 bits per heavy atom. The molecular weight excluding hydrogens is 238 g/mol. The largest absolute Gasteiger partial charge is 0.493 e. The SMILES string of the molecule is COc1cc2nc(C)c(C)c(Cl)c2cc1OC. The minimum absolute atomic E-state index is 0.659. The van der Waals surface area contributed by atoms with Crippen molar-refractivity contribution in [2.24, 2.45) is 0 Å². The van der Waals surface area contributed by atoms with Crippen molar-refractivity contribution in [3.05, 3.63) is 28.4 Å². The van der Waals surface area contributed by atoms with E-state index >= 15 is 0 Å². The van der Waals surface area contributed by atoms with Crippen LogP contribution < -0.4 is 9.47 Å². The van der Waals surface area contributed by atoms with E-state index in [1.165, 1.54) is 0 Å². The second-order valence-corrected chi connectivity index (χ2v) is 4.24. The Bertz CT molecular complexity index is 581. The Morgan fingerprint density at radius 2 is 1.65 bits per heavy atom. The lowest BCUT2D eigenvalue weighted by molar-refractivity contribution is 0.356. The van der Waals surface area contributed by atoms with E-state index in [4.69, 9.17) is 21.1 Å². The summed E-state index contributed by atoms with van der Waals surface area (Å²) in [5, 5.41) is 1.60. The Balaban J connectivity index is 2.83. The number of halogens is 1. The topological polar surface area (TPSA) is 31.4 Å². The number of nitrogens with zero attached hydrogens (tertiary/aromatic N) is 1. The fourth-order valence-electron chi connectivity index (χ4n) is 1.76. The summed E-state index contributed by atoms with van der Waals surface area (Å²) in [7, 11) is 3.21. The highest BCUT2D eigenvalue weighted by Crippen LogP contribution is 2.36. The summed E-state index contributed by atoms with van der Waals surface area (Å²) in [6.45, 7) is 3.90. The number of benzene rings is 1. The molecule has 1 heterocycles. The fourth-order valence-corrected chi connectivity index (χ4v) is 2.05. The molecule has 4 heteroatoms. The highest BCUT2D eigenvalue weighted by Gasteiger charge is 2.12. The second-order valence-electron chi connectivity index (χ2n) is 3.86. The van der Waals surface area contributed by atoms with E-state index in [1.807, 2.05) is 26.0 Å². The maximum atomic E-state index is 6.32. The van der Waals surface area contributed by atoms with Gasteiger partial charge < -0.3 is 9.47 Å². The number of aryl methyl sites for hydroxylation is 1. The van der Waals surface area contributed by atoms with Crippen molar-refractivity contribution in [2.75, 3.05) is 14.2 Å². The quantitative estimate of drug-likeness (QED) is 0.818. The molecule has 0 amide bonds. The summed E-state index contributed by atoms with van der Waals surface area (Å²) >= 11 is 6.32. The molecule has 2 rings (SSSR count). The summed E-state index contributed by atoms with van der Waals surface area (Å²) in [6.07, 6.45) is 0. The molecule has 0 spiro atoms. The zero-order valence-electron chi connectivity index (χ0n) is 10.3. The maximum Gasteiger partial charge on any atom is 0.162 e. The highest BCUT2D eigenvalue weighted by molar-refractivity contribution is 6.36. The van der Waals surface area contributed by atoms with Crippen molar-refractivity contribution in [2.45, 2.75) is 13.8 Å². The molecule has 0 aliphatic heterocycles. The average Bonchev–Trinajstić information content (AvgIpc) is 2.34. The Morgan fingerprint density at radius 1 is 1.06 bits per heavy atom. The third-order valence-electron chi connectivity index (χ3n) is 2.90. The lowest BCUT2D eigenvalue weighted by Crippen LogP contribution is -1.95. The average molecular weight is 252 g/mol. The van der Waals surface area contributed by atoms with Crippen molar-refractivity contribution in [3.63, 3.8) is 0 Å². The van der Waals surface area contributed by atoms with E-state index in [2.05, 4.69) is 4.98 Å². The first-order valence-electron chi connectivity index (χ1n) is 5.27. The van der Waals surface area contributed by atoms with E-state index in [-0.39, 0.29) is 0 Å². The zero-order chi connectivity index (χ0) is 12.6. The summed E-state index contributed by atoms with van der Waals surface area (Å²) in [4.78, 5) is 4.50. The molecule has 0 saturated carbocycles. The van der Waals surface area contributed by atoms with Gasteiger partial charge in [-0.15, -0.1) is 0 Å². The van der Waals surface area contributed by atoms with Crippen LogP contribution in [0.1, 0.15) is 11.3 Å². The first-order valence-corrected chi connectivity index (χ1v) is 5.64. The Kier molecular flexibility index (Phi) is 3.11. The molecule has 0 atom stereocenters. The number of hydrogen-bond donors (Lipinski definition) is 0. The van der Waals surface area contributed by atoms with E-state index in [0.29, 0.717) is 16.5 Å². The first-order chi connectivity index (χ1) is 8.08. The maximum absolute atomic E-state index is 6.32. The molecule has 2 aromatic rings. The van der Waals surface area contributed by atoms with Gasteiger partial charge in [0.05, 0.1) is 24.8 Å². The molecule has 3 nitrogen and oxygen atoms in total. The smallest absolute Gasteiger partial charge is 0.162 e. The van der Waals surface area contributed by atoms with Crippen LogP contribution in [0.15, 0.2) is 12.1 Å². The van der Waals surface area contributed by atoms with Crippen molar-refractivity contribution < 1.29 is 9.47 Å². The monoisotopic (exact) mass is 251 g/mol. The lowest BCUT2D eigenvalue weighted by atomic mass is 10.1. The van der Waals surface area contributed by atoms with Crippen LogP contribution in [0.5, 0.6) is 11.5 Å². The number of hydrogen-bond acceptors (Lipinski definition) is 3. The number of aromatic nitrogens is 1. The molecule has 0 N–H and O–H groups in total. The van der Waals surface area contributed by atoms with E-state index in [0.717, 1.165) is 22.2 Å². The lowest BCUT2D eigenvalue weighted by Gasteiger charge is -2.11. The van der Waals surface area contributed by atoms with Crippen LogP contribution >= 0.6 is 11.6 Å². The molecule has 0 aliphatic carbocycles. The third-order valence-corrected chi connectivity index (χ3v) is 3.39. The Labute approximate surface area is 105 Å². The van der Waals surface area contributed by atoms with E-state index < -0.39 is 0 Å². The third kappa shape index (κ3) is 1.91. The van der Waals surface area contributed by atoms with Gasteiger partial charge in [-0.3, -0.25) is 4.98 Å². The van der Waals surface area contributed by atoms with Gasteiger partial charge >= 0.3 is 0 Å². The van der Waals surface area contributed by atoms with Crippen LogP contribution in [0.2, 0.25) is 5.02 Å². The minimum atomic E-state index is 0.659. The van der Waals surface area contributed by atoms with Gasteiger partial charge in [0.2, 0.25) is 0 Å². The minimum Gasteiger partial charge on any atom is -0.493 e. The van der Waals surface area contributed by atoms with Crippen molar-refractivity contribution in [3.8, 4) is 11.5 Å². The summed E-state index contributed by atoms with van der Waals surface area (Å²) in [5.74, 6) is 1.32. The van der Waals surface area contributed by atoms with Gasteiger partial charge in [0.25, 0.3) is 0 Å². The van der Waals surface area contributed by atoms with Gasteiger partial charge in [-0.05, 0) is 25.5 Å². The van der Waals surface area contributed by atoms with Gasteiger partial charge in [0.1, 0.15) is 0 Å². The molecule has 90 valence electrons. The summed E-state index contributed by atoms with van der Waals surface area (Å²) < 4.78 is 10.5. The molecule has 1 aromatic carbocycles. The molecule has 1 aromatic heterocycles. The predicted octanol–water partition coefficient (Wildman–Crippen LogP) is 3.52. The number of pyridine rings is 1. The van der Waals surface area contributed by atoms with Crippen molar-refractivity contribution in [1.29, 1.82) is 0 Å². The van der Waals surface area contributed by atoms with Crippen LogP contribution in [0.25, 0.3) is 10.9 Å². The standard InChI is InChI=1S/C13H14ClNO2/c1-7-8(2)15-10-6-12(17-4)11(16-3)5-9(10)13(7)14/h5-6H,1-4H3. The normalized spacial score (nSPS) is 10.6. The number of rotatable bonds is 2. The highest BCUT2D eigenvalue weighted by atomic mass is 35.5. The van der Waals surface area contributed by atoms with Crippen LogP contribution in [-0.2, 0) is 0 Å². The molecule has 17 heavy (non-hydrogen) atoms.